The van der Waals surface area contributed by atoms with Gasteiger partial charge in [-0.15, -0.1) is 25.3 Å². The summed E-state index contributed by atoms with van der Waals surface area (Å²) in [5.41, 5.74) is 0. The van der Waals surface area contributed by atoms with Gasteiger partial charge in [0, 0.05) is 6.92 Å². The summed E-state index contributed by atoms with van der Waals surface area (Å²) >= 11 is 0. The van der Waals surface area contributed by atoms with Crippen molar-refractivity contribution in [1.82, 2.24) is 13.9 Å². The third-order valence-corrected chi connectivity index (χ3v) is 11.2. The Labute approximate surface area is 401 Å². The molecule has 10 heteroatoms. The molecule has 0 aliphatic heterocycles. The molecule has 0 N–H and O–H groups in total. The van der Waals surface area contributed by atoms with Crippen LogP contribution in [0.15, 0.2) is 31.1 Å². The van der Waals surface area contributed by atoms with Gasteiger partial charge in [0.05, 0.1) is 24.8 Å². The molecule has 5 nitrogen and oxygen atoms in total. The van der Waals surface area contributed by atoms with Crippen molar-refractivity contribution >= 4 is 28.5 Å². The molecule has 0 spiro atoms. The van der Waals surface area contributed by atoms with E-state index in [9.17, 15) is 0 Å². The number of rotatable bonds is 22. The average Bonchev–Trinajstić information content (AvgIpc) is 3.89. The minimum absolute atomic E-state index is 0. The zero-order valence-electron chi connectivity index (χ0n) is 46.3. The summed E-state index contributed by atoms with van der Waals surface area (Å²) in [6.45, 7) is 48.4. The Morgan fingerprint density at radius 2 is 0.847 bits per heavy atom. The molecule has 0 bridgehead atoms. The fraction of sp³-hybridized carbons (Fsp3) is 0.878. The summed E-state index contributed by atoms with van der Waals surface area (Å²) in [5.74, 6) is 1.46. The molecule has 0 aliphatic carbocycles. The maximum Gasteiger partial charge on any atom is 1.00 e. The minimum Gasteiger partial charge on any atom is -0.445 e. The van der Waals surface area contributed by atoms with Gasteiger partial charge in [-0.05, 0) is 38.9 Å². The molecule has 2 aromatic rings. The molecule has 59 heavy (non-hydrogen) atoms. The second-order valence-electron chi connectivity index (χ2n) is 17.5. The van der Waals surface area contributed by atoms with E-state index in [4.69, 9.17) is 0 Å². The Balaban J connectivity index is -0.000000111. The molecule has 0 radical (unpaired) electrons. The van der Waals surface area contributed by atoms with Crippen LogP contribution in [-0.4, -0.2) is 62.0 Å². The average molecular weight is 843 g/mol. The molecule has 0 saturated heterocycles. The zero-order valence-corrected chi connectivity index (χ0v) is 48.3. The predicted molar refractivity (Wildman–Crippen MR) is 285 cm³/mol. The second-order valence-corrected chi connectivity index (χ2v) is 17.5. The van der Waals surface area contributed by atoms with Gasteiger partial charge in [-0.1, -0.05) is 201 Å². The van der Waals surface area contributed by atoms with E-state index in [-0.39, 0.29) is 58.1 Å². The molecule has 2 atom stereocenters. The SMILES string of the molecule is CCCC.CCCC.CCCC.CCCC.CCCC.CCCCN(CCCC)CCCC.CC[BH2-][n+]1ccn([BH-](C)CC)c1.CC[BH2-][n+]1ccn([BH-](C)CC)c1C.[Na+]. The van der Waals surface area contributed by atoms with Crippen molar-refractivity contribution in [2.24, 2.45) is 0 Å². The van der Waals surface area contributed by atoms with Crippen molar-refractivity contribution in [1.29, 1.82) is 0 Å². The molecule has 0 aromatic carbocycles. The first-order valence-electron chi connectivity index (χ1n) is 27.0. The van der Waals surface area contributed by atoms with E-state index < -0.39 is 0 Å². The van der Waals surface area contributed by atoms with Crippen LogP contribution in [-0.2, 0) is 0 Å². The predicted octanol–water partition coefficient (Wildman–Crippen LogP) is 10.8. The Hall–Kier alpha value is -0.360. The fourth-order valence-electron chi connectivity index (χ4n) is 5.20. The first-order valence-corrected chi connectivity index (χ1v) is 27.0. The third-order valence-electron chi connectivity index (χ3n) is 11.2. The molecule has 2 heterocycles. The molecule has 352 valence electrons. The maximum absolute atomic E-state index is 2.64. The van der Waals surface area contributed by atoms with E-state index in [1.165, 1.54) is 153 Å². The molecule has 2 aromatic heterocycles. The van der Waals surface area contributed by atoms with E-state index in [2.05, 4.69) is 192 Å². The van der Waals surface area contributed by atoms with Crippen LogP contribution >= 0.6 is 0 Å². The molecule has 2 unspecified atom stereocenters. The van der Waals surface area contributed by atoms with Crippen molar-refractivity contribution in [2.75, 3.05) is 19.6 Å². The van der Waals surface area contributed by atoms with Crippen LogP contribution in [0.4, 0.5) is 0 Å². The van der Waals surface area contributed by atoms with Gasteiger partial charge >= 0.3 is 29.6 Å². The topological polar surface area (TPSA) is 20.9 Å². The van der Waals surface area contributed by atoms with Crippen molar-refractivity contribution in [3.05, 3.63) is 36.9 Å². The number of unbranched alkanes of at least 4 members (excludes halogenated alkanes) is 8. The van der Waals surface area contributed by atoms with Crippen LogP contribution < -0.4 is 38.5 Å². The summed E-state index contributed by atoms with van der Waals surface area (Å²) in [7, 11) is 0.184. The molecule has 0 fully saturated rings. The van der Waals surface area contributed by atoms with Crippen LogP contribution in [0.1, 0.15) is 226 Å². The normalized spacial score (nSPS) is 10.6. The standard InChI is InChI=1S/C12H27N.C9H21B2N2.C8H19B2N2.5C4H10.Na/c1-4-7-10-13(11-8-5-2)12-9-6-3;1-5-10-12-7-8-13(9(12)3)11(4)6-2;1-4-9-11-6-7-12(8-11)10(3)5-2;5*1-3-4-2;/h4-12H2,1-3H3;7-8,11H,5-6,10H2,1-4H3;6-8,10H,4-5,9H2,1-3H3;5*3-4H2,1-2H3;/q;2*-1;;;;;;+1. The van der Waals surface area contributed by atoms with Crippen LogP contribution in [0.3, 0.4) is 0 Å². The van der Waals surface area contributed by atoms with Gasteiger partial charge in [-0.3, -0.25) is 0 Å². The number of hydrogen-bond acceptors (Lipinski definition) is 1. The third kappa shape index (κ3) is 55.6. The van der Waals surface area contributed by atoms with E-state index in [1.807, 2.05) is 0 Å². The van der Waals surface area contributed by atoms with Crippen LogP contribution in [0, 0.1) is 6.92 Å². The smallest absolute Gasteiger partial charge is 0.445 e. The minimum atomic E-state index is -0.143. The van der Waals surface area contributed by atoms with Gasteiger partial charge in [0.1, 0.15) is 6.33 Å². The number of aromatic nitrogens is 4. The van der Waals surface area contributed by atoms with E-state index in [1.54, 1.807) is 0 Å². The van der Waals surface area contributed by atoms with E-state index >= 15 is 0 Å². The zero-order chi connectivity index (χ0) is 45.8. The molecular weight excluding hydrogens is 725 g/mol. The van der Waals surface area contributed by atoms with Gasteiger partial charge in [0.15, 0.2) is 34.3 Å². The molecular formula is C49H117B4N5Na-. The summed E-state index contributed by atoms with van der Waals surface area (Å²) in [6.07, 6.45) is 37.8. The Kier molecular flexibility index (Phi) is 79.6. The fourth-order valence-corrected chi connectivity index (χ4v) is 5.20. The first kappa shape index (κ1) is 73.1. The van der Waals surface area contributed by atoms with Crippen LogP contribution in [0.25, 0.3) is 0 Å². The van der Waals surface area contributed by atoms with Gasteiger partial charge in [-0.25, -0.2) is 0 Å². The van der Waals surface area contributed by atoms with Crippen LogP contribution in [0.2, 0.25) is 38.9 Å². The van der Waals surface area contributed by atoms with E-state index in [0.717, 1.165) is 0 Å². The van der Waals surface area contributed by atoms with Gasteiger partial charge in [0.25, 0.3) is 0 Å². The molecule has 0 saturated carbocycles. The van der Waals surface area contributed by atoms with Crippen molar-refractivity contribution in [3.63, 3.8) is 0 Å². The molecule has 2 rings (SSSR count). The molecule has 0 aliphatic rings. The largest absolute Gasteiger partial charge is 1.00 e. The molecule has 0 amide bonds. The number of hydrogen-bond donors (Lipinski definition) is 0. The number of imidazole rings is 2. The number of nitrogens with zero attached hydrogens (tertiary/aromatic N) is 5. The van der Waals surface area contributed by atoms with Gasteiger partial charge in [-0.2, -0.15) is 13.6 Å². The van der Waals surface area contributed by atoms with Crippen LogP contribution in [0.5, 0.6) is 0 Å². The first-order chi connectivity index (χ1) is 27.9. The van der Waals surface area contributed by atoms with Gasteiger partial charge in [0.2, 0.25) is 0 Å². The summed E-state index contributed by atoms with van der Waals surface area (Å²) in [5, 5.41) is 0. The Morgan fingerprint density at radius 3 is 1.14 bits per heavy atom. The Morgan fingerprint density at radius 1 is 0.492 bits per heavy atom. The van der Waals surface area contributed by atoms with Gasteiger partial charge < -0.3 is 22.8 Å². The Bertz CT molecular complexity index is 908. The van der Waals surface area contributed by atoms with Crippen molar-refractivity contribution < 1.29 is 38.5 Å². The van der Waals surface area contributed by atoms with Crippen molar-refractivity contribution in [3.8, 4) is 0 Å². The van der Waals surface area contributed by atoms with E-state index in [0.29, 0.717) is 0 Å². The quantitative estimate of drug-likeness (QED) is 0.108. The monoisotopic (exact) mass is 843 g/mol. The maximum atomic E-state index is 2.64. The summed E-state index contributed by atoms with van der Waals surface area (Å²) in [4.78, 5) is 2.64. The summed E-state index contributed by atoms with van der Waals surface area (Å²) < 4.78 is 9.72. The second kappa shape index (κ2) is 64.3. The summed E-state index contributed by atoms with van der Waals surface area (Å²) in [6, 6.07) is 0. The van der Waals surface area contributed by atoms with Crippen molar-refractivity contribution in [2.45, 2.75) is 266 Å².